The summed E-state index contributed by atoms with van der Waals surface area (Å²) in [7, 11) is 1.48. The van der Waals surface area contributed by atoms with Crippen molar-refractivity contribution in [2.75, 3.05) is 70.4 Å². The van der Waals surface area contributed by atoms with E-state index in [0.717, 1.165) is 31.9 Å². The first-order valence-electron chi connectivity index (χ1n) is 47.5. The number of amides is 20. The number of halogens is 1. The Morgan fingerprint density at radius 1 is 0.404 bits per heavy atom. The highest BCUT2D eigenvalue weighted by Crippen LogP contribution is 2.27. The molecule has 2 fully saturated rings. The van der Waals surface area contributed by atoms with Crippen LogP contribution >= 0.6 is 34.0 Å². The molecule has 45 N–H and O–H groups in total. The molecule has 4 aromatic rings. The fourth-order valence-electron chi connectivity index (χ4n) is 15.5. The van der Waals surface area contributed by atoms with Crippen molar-refractivity contribution in [2.45, 2.75) is 226 Å². The van der Waals surface area contributed by atoms with E-state index in [-0.39, 0.29) is 223 Å². The van der Waals surface area contributed by atoms with Gasteiger partial charge >= 0.3 is 18.1 Å². The quantitative estimate of drug-likeness (QED) is 0.00846. The first kappa shape index (κ1) is 122. The van der Waals surface area contributed by atoms with Gasteiger partial charge in [0.1, 0.15) is 90.0 Å². The Morgan fingerprint density at radius 3 is 1.26 bits per heavy atom. The molecule has 4 aromatic carbocycles. The molecule has 2 heterocycles. The van der Waals surface area contributed by atoms with Crippen LogP contribution in [-0.4, -0.2) is 295 Å². The number of primary amides is 4. The van der Waals surface area contributed by atoms with Gasteiger partial charge in [0.25, 0.3) is 0 Å². The van der Waals surface area contributed by atoms with E-state index in [1.54, 1.807) is 36.4 Å². The van der Waals surface area contributed by atoms with Crippen LogP contribution in [0.3, 0.4) is 0 Å². The molecule has 2 aliphatic heterocycles. The summed E-state index contributed by atoms with van der Waals surface area (Å²) in [5.74, 6) is -17.8. The van der Waals surface area contributed by atoms with Gasteiger partial charge in [-0.25, -0.2) is 14.4 Å². The molecule has 0 radical (unpaired) electrons. The van der Waals surface area contributed by atoms with Crippen molar-refractivity contribution in [1.82, 2.24) is 106 Å². The molecule has 2 aliphatic rings. The fraction of sp³-hybridized carbons (Fsp3) is 0.522. The number of fused-ring (bicyclic) bond motifs is 2. The van der Waals surface area contributed by atoms with Gasteiger partial charge in [-0.1, -0.05) is 88.3 Å². The van der Waals surface area contributed by atoms with E-state index in [1.165, 1.54) is 48.5 Å². The van der Waals surface area contributed by atoms with Crippen molar-refractivity contribution in [3.05, 3.63) is 108 Å². The number of nitrogens with two attached hydrogens (primary N) is 10. The minimum atomic E-state index is -1.92. The van der Waals surface area contributed by atoms with Gasteiger partial charge in [-0.05, 0) is 180 Å². The number of phenolic OH excluding ortho intramolecular Hbond substituents is 2. The van der Waals surface area contributed by atoms with Crippen molar-refractivity contribution < 1.29 is 91.7 Å². The van der Waals surface area contributed by atoms with E-state index in [0.29, 0.717) is 16.5 Å². The van der Waals surface area contributed by atoms with Crippen LogP contribution in [0, 0.1) is 21.6 Å². The number of carbonyl (C=O) groups is 17. The zero-order valence-corrected chi connectivity index (χ0v) is 83.3. The smallest absolute Gasteiger partial charge is 0.312 e. The summed E-state index contributed by atoms with van der Waals surface area (Å²) < 4.78 is 0. The van der Waals surface area contributed by atoms with Gasteiger partial charge in [0.15, 0.2) is 23.8 Å². The van der Waals surface area contributed by atoms with Crippen molar-refractivity contribution in [2.24, 2.45) is 57.3 Å². The lowest BCUT2D eigenvalue weighted by atomic mass is 10.00. The van der Waals surface area contributed by atoms with Crippen LogP contribution in [0.5, 0.6) is 11.5 Å². The number of nitrogens with zero attached hydrogens (tertiary/aromatic N) is 1. The SMILES string of the molecule is Cl.N=C(N)NCCC[C@H](NC(=O)[C@@H]1CSSC[C@H](NC(=O)[C@H](Cc2ccc3ccccc3c2)NC(=O)[C@H](CCCNC(=N)N)NC(=O)[C@@H](N)CCCNC(=N)N)C(=O)N[C@@H](Cc2ccc(O)cc2)C(=O)N[C@@H](CCCNC(N)=O)C(=O)N[C@@H](CCCCN)C(=O)N[C@H](CCCNC(N)=O)C(=O)N2CCC[C@H]2C(=O)N[C@@H](Cc2ccc(O)cc2)C(=O)N[C@@H](CCCNC(=N)N)C(=O)N[C@@H](CCCNC(N)=O)C(=O)N1)C(N)=O. The first-order valence-corrected chi connectivity index (χ1v) is 50.0. The van der Waals surface area contributed by atoms with Crippen LogP contribution in [0.15, 0.2) is 91.0 Å². The lowest BCUT2D eigenvalue weighted by molar-refractivity contribution is -0.142. The summed E-state index contributed by atoms with van der Waals surface area (Å²) in [5.41, 5.74) is 57.9. The van der Waals surface area contributed by atoms with Crippen molar-refractivity contribution >= 4 is 169 Å². The highest BCUT2D eigenvalue weighted by atomic mass is 35.5. The lowest BCUT2D eigenvalue weighted by Crippen LogP contribution is -2.61. The molecule has 146 heavy (non-hydrogen) atoms. The number of phenols is 2. The van der Waals surface area contributed by atoms with Crippen molar-refractivity contribution in [1.29, 1.82) is 21.6 Å². The number of rotatable bonds is 47. The average Bonchev–Trinajstić information content (AvgIpc) is 1.71. The molecule has 0 aliphatic carbocycles. The predicted molar refractivity (Wildman–Crippen MR) is 548 cm³/mol. The molecule has 0 spiro atoms. The van der Waals surface area contributed by atoms with Crippen LogP contribution in [0.1, 0.15) is 139 Å². The number of unbranched alkanes of at least 4 members (excludes halogenated alkanes) is 1. The maximum Gasteiger partial charge on any atom is 0.312 e. The van der Waals surface area contributed by atoms with E-state index in [2.05, 4.69) is 101 Å². The molecule has 0 aromatic heterocycles. The summed E-state index contributed by atoms with van der Waals surface area (Å²) >= 11 is 0. The summed E-state index contributed by atoms with van der Waals surface area (Å²) in [6, 6.07) is -2.89. The summed E-state index contributed by atoms with van der Waals surface area (Å²) in [6.45, 7) is -0.588. The van der Waals surface area contributed by atoms with E-state index >= 15 is 57.5 Å². The number of hydrogen-bond acceptors (Lipinski definition) is 27. The van der Waals surface area contributed by atoms with Crippen LogP contribution in [-0.2, 0) is 86.4 Å². The summed E-state index contributed by atoms with van der Waals surface area (Å²) in [4.78, 5) is 250. The third kappa shape index (κ3) is 45.4. The summed E-state index contributed by atoms with van der Waals surface area (Å²) in [5, 5.41) is 103. The Bertz CT molecular complexity index is 5100. The molecular formula is C90H141ClN34O19S2. The standard InChI is InChI=1S/C90H140N34O19S2.ClH/c91-34-4-3-16-58-74(131)118-63(22-11-41-111-90(104)143)83(140)124-42-12-23-69(124)82(139)121-65(45-50-27-32-55(126)33-28-50)78(135)117-60(19-8-38-108-87(100)101)73(130)115-62(21-10-40-110-89(103)142)76(133)122-67(80(137)112-57(70(93)127)17-6-36-106-85(96)97)47-144-145-48-68(81(138)120-64(44-49-25-30-54(125)31-26-49)77(134)116-61(72(129)114-58)20-9-39-109-88(102)141)123-79(136)66(46-51-24-29-52-13-1-2-14-53(52)43-51)119-75(132)59(18-7-37-107-86(98)99)113-71(128)56(92)15-5-35-105-84(94)95;/h1-2,13-14,24-33,43,56-69,125-126H,3-12,15-23,34-42,44-48,91-92H2,(H2,93,127)(H,112,137)(H,113,128)(H,114,129)(H,115,130)(H,116,134)(H,117,135)(H,118,131)(H,119,132)(H,120,138)(H,121,139)(H,122,133)(H,123,136)(H4,94,95,105)(H4,96,97,106)(H4,98,99,107)(H4,100,101,108)(H3,102,109,141)(H3,103,110,142)(H3,104,111,143);1H/t56-,57-,58-,59-,60-,61-,62-,63+,64-,65-,66-,67-,68-,69-;/m0./s1. The van der Waals surface area contributed by atoms with Crippen LogP contribution in [0.25, 0.3) is 10.8 Å². The number of urea groups is 3. The highest BCUT2D eigenvalue weighted by Gasteiger charge is 2.43. The minimum Gasteiger partial charge on any atom is -0.508 e. The summed E-state index contributed by atoms with van der Waals surface area (Å²) in [6.07, 6.45) is -2.65. The Labute approximate surface area is 857 Å². The largest absolute Gasteiger partial charge is 0.508 e. The predicted octanol–water partition coefficient (Wildman–Crippen LogP) is -6.76. The van der Waals surface area contributed by atoms with Gasteiger partial charge in [-0.2, -0.15) is 0 Å². The second-order valence-corrected chi connectivity index (χ2v) is 37.2. The van der Waals surface area contributed by atoms with Gasteiger partial charge < -0.3 is 173 Å². The Kier molecular flexibility index (Phi) is 53.9. The Morgan fingerprint density at radius 2 is 0.795 bits per heavy atom. The molecule has 56 heteroatoms. The molecule has 0 bridgehead atoms. The number of guanidine groups is 4. The van der Waals surface area contributed by atoms with E-state index in [4.69, 9.17) is 79.0 Å². The van der Waals surface area contributed by atoms with Gasteiger partial charge in [0.05, 0.1) is 6.04 Å². The molecule has 6 rings (SSSR count). The van der Waals surface area contributed by atoms with Crippen LogP contribution < -0.4 is 158 Å². The normalized spacial score (nSPS) is 19.9. The van der Waals surface area contributed by atoms with E-state index < -0.39 is 228 Å². The minimum absolute atomic E-state index is 0. The number of hydrogen-bond donors (Lipinski definition) is 35. The third-order valence-corrected chi connectivity index (χ3v) is 25.6. The number of benzene rings is 4. The second kappa shape index (κ2) is 64.7. The molecule has 0 unspecified atom stereocenters. The van der Waals surface area contributed by atoms with E-state index in [9.17, 15) is 34.2 Å². The van der Waals surface area contributed by atoms with E-state index in [1.807, 2.05) is 6.07 Å². The van der Waals surface area contributed by atoms with Gasteiger partial charge in [-0.3, -0.25) is 88.8 Å². The molecule has 53 nitrogen and oxygen atoms in total. The van der Waals surface area contributed by atoms with Crippen molar-refractivity contribution in [3.8, 4) is 11.5 Å². The van der Waals surface area contributed by atoms with Crippen LogP contribution in [0.2, 0.25) is 0 Å². The first-order chi connectivity index (χ1) is 69.1. The molecular weight excluding hydrogens is 1960 g/mol. The molecule has 2 saturated heterocycles. The zero-order chi connectivity index (χ0) is 107. The molecule has 0 saturated carbocycles. The monoisotopic (exact) mass is 2100 g/mol. The maximum absolute atomic E-state index is 16.0. The molecule has 804 valence electrons. The van der Waals surface area contributed by atoms with Gasteiger partial charge in [0.2, 0.25) is 82.7 Å². The van der Waals surface area contributed by atoms with Crippen molar-refractivity contribution in [3.63, 3.8) is 0 Å². The molecule has 20 amide bonds. The topological polar surface area (TPSA) is 918 Å². The third-order valence-electron chi connectivity index (χ3n) is 23.2. The van der Waals surface area contributed by atoms with Gasteiger partial charge in [0, 0.05) is 83.1 Å². The maximum atomic E-state index is 16.0. The average molecular weight is 2100 g/mol. The Balaban J connectivity index is 0.0000375. The number of nitrogens with one attached hydrogen (secondary N) is 23. The molecule has 14 atom stereocenters. The second-order valence-electron chi connectivity index (χ2n) is 34.6. The highest BCUT2D eigenvalue weighted by molar-refractivity contribution is 8.76. The number of aromatic hydroxyl groups is 2. The van der Waals surface area contributed by atoms with Gasteiger partial charge in [-0.15, -0.1) is 12.4 Å². The zero-order valence-electron chi connectivity index (χ0n) is 80.9. The lowest BCUT2D eigenvalue weighted by Gasteiger charge is -2.31. The number of carbonyl (C=O) groups excluding carboxylic acids is 17. The fourth-order valence-corrected chi connectivity index (χ4v) is 17.9. The Hall–Kier alpha value is -14.9. The van der Waals surface area contributed by atoms with Crippen LogP contribution in [0.4, 0.5) is 14.4 Å².